The average molecular weight is 431 g/mol. The van der Waals surface area contributed by atoms with Crippen LogP contribution in [0, 0.1) is 19.7 Å². The Balaban J connectivity index is 1.49. The molecule has 0 atom stereocenters. The molecule has 152 valence electrons. The molecule has 1 N–H and O–H groups in total. The van der Waals surface area contributed by atoms with E-state index in [1.54, 1.807) is 23.9 Å². The number of rotatable bonds is 8. The second-order valence-electron chi connectivity index (χ2n) is 6.73. The summed E-state index contributed by atoms with van der Waals surface area (Å²) in [6.45, 7) is 3.97. The van der Waals surface area contributed by atoms with Gasteiger partial charge in [0.05, 0.1) is 11.5 Å². The van der Waals surface area contributed by atoms with E-state index in [0.717, 1.165) is 34.0 Å². The molecule has 1 heterocycles. The predicted octanol–water partition coefficient (Wildman–Crippen LogP) is 4.74. The number of nitrogens with one attached hydrogen (secondary N) is 1. The van der Waals surface area contributed by atoms with Crippen LogP contribution in [-0.2, 0) is 23.3 Å². The number of aromatic nitrogens is 3. The van der Waals surface area contributed by atoms with Gasteiger partial charge in [-0.05, 0) is 48.7 Å². The third kappa shape index (κ3) is 6.08. The Kier molecular flexibility index (Phi) is 7.33. The fourth-order valence-corrected chi connectivity index (χ4v) is 4.32. The highest BCUT2D eigenvalue weighted by Gasteiger charge is 2.12. The Bertz CT molecular complexity index is 989. The molecule has 5 nitrogen and oxygen atoms in total. The monoisotopic (exact) mass is 430 g/mol. The van der Waals surface area contributed by atoms with E-state index in [0.29, 0.717) is 10.9 Å². The van der Waals surface area contributed by atoms with Crippen molar-refractivity contribution in [2.24, 2.45) is 7.05 Å². The first-order valence-electron chi connectivity index (χ1n) is 9.12. The van der Waals surface area contributed by atoms with Gasteiger partial charge < -0.3 is 9.88 Å². The van der Waals surface area contributed by atoms with Crippen LogP contribution in [0.2, 0.25) is 0 Å². The first-order valence-corrected chi connectivity index (χ1v) is 11.3. The number of aryl methyl sites for hydroxylation is 2. The van der Waals surface area contributed by atoms with E-state index in [9.17, 15) is 9.18 Å². The number of carbonyl (C=O) groups is 1. The number of benzene rings is 2. The molecule has 0 fully saturated rings. The van der Waals surface area contributed by atoms with Crippen molar-refractivity contribution >= 4 is 35.1 Å². The first-order chi connectivity index (χ1) is 13.9. The Morgan fingerprint density at radius 1 is 1.10 bits per heavy atom. The number of halogens is 1. The maximum Gasteiger partial charge on any atom is 0.234 e. The van der Waals surface area contributed by atoms with Gasteiger partial charge in [-0.1, -0.05) is 36.0 Å². The molecule has 0 spiro atoms. The van der Waals surface area contributed by atoms with Crippen molar-refractivity contribution in [3.8, 4) is 0 Å². The summed E-state index contributed by atoms with van der Waals surface area (Å²) in [6.07, 6.45) is 0. The van der Waals surface area contributed by atoms with E-state index in [-0.39, 0.29) is 17.5 Å². The summed E-state index contributed by atoms with van der Waals surface area (Å²) in [7, 11) is 1.90. The minimum atomic E-state index is -0.227. The van der Waals surface area contributed by atoms with Crippen molar-refractivity contribution in [2.45, 2.75) is 30.5 Å². The maximum absolute atomic E-state index is 13.0. The minimum absolute atomic E-state index is 0.0704. The van der Waals surface area contributed by atoms with Crippen LogP contribution in [0.5, 0.6) is 0 Å². The van der Waals surface area contributed by atoms with Crippen LogP contribution >= 0.6 is 23.5 Å². The smallest absolute Gasteiger partial charge is 0.234 e. The SMILES string of the molecule is Cc1ccc(C)c(NC(=O)CSc2nnc(CSCc3ccc(F)cc3)n2C)c1. The van der Waals surface area contributed by atoms with Crippen LogP contribution in [0.3, 0.4) is 0 Å². The summed E-state index contributed by atoms with van der Waals surface area (Å²) < 4.78 is 14.9. The molecule has 0 saturated carbocycles. The van der Waals surface area contributed by atoms with E-state index in [1.807, 2.05) is 43.7 Å². The lowest BCUT2D eigenvalue weighted by Crippen LogP contribution is -2.15. The zero-order valence-corrected chi connectivity index (χ0v) is 18.2. The third-order valence-electron chi connectivity index (χ3n) is 4.34. The van der Waals surface area contributed by atoms with Crippen molar-refractivity contribution < 1.29 is 9.18 Å². The molecule has 0 radical (unpaired) electrons. The van der Waals surface area contributed by atoms with Crippen molar-refractivity contribution in [2.75, 3.05) is 11.1 Å². The molecular weight excluding hydrogens is 407 g/mol. The Hall–Kier alpha value is -2.32. The number of nitrogens with zero attached hydrogens (tertiary/aromatic N) is 3. The molecule has 0 saturated heterocycles. The van der Waals surface area contributed by atoms with Crippen molar-refractivity contribution in [3.63, 3.8) is 0 Å². The zero-order valence-electron chi connectivity index (χ0n) is 16.6. The number of anilines is 1. The molecule has 1 aromatic heterocycles. The Labute approximate surface area is 178 Å². The molecule has 3 aromatic rings. The summed E-state index contributed by atoms with van der Waals surface area (Å²) in [6, 6.07) is 12.5. The normalized spacial score (nSPS) is 10.9. The number of amides is 1. The molecule has 0 unspecified atom stereocenters. The number of carbonyl (C=O) groups excluding carboxylic acids is 1. The Morgan fingerprint density at radius 3 is 2.62 bits per heavy atom. The van der Waals surface area contributed by atoms with Crippen molar-refractivity contribution in [1.29, 1.82) is 0 Å². The number of thioether (sulfide) groups is 2. The first kappa shape index (κ1) is 21.4. The van der Waals surface area contributed by atoms with Crippen LogP contribution in [0.4, 0.5) is 10.1 Å². The van der Waals surface area contributed by atoms with Gasteiger partial charge in [0.25, 0.3) is 0 Å². The molecule has 0 aliphatic heterocycles. The van der Waals surface area contributed by atoms with Crippen LogP contribution in [-0.4, -0.2) is 26.4 Å². The number of hydrogen-bond donors (Lipinski definition) is 1. The van der Waals surface area contributed by atoms with Gasteiger partial charge in [-0.15, -0.1) is 22.0 Å². The molecule has 0 bridgehead atoms. The highest BCUT2D eigenvalue weighted by molar-refractivity contribution is 7.99. The summed E-state index contributed by atoms with van der Waals surface area (Å²) in [4.78, 5) is 12.3. The van der Waals surface area contributed by atoms with Gasteiger partial charge in [0.1, 0.15) is 11.6 Å². The molecule has 3 rings (SSSR count). The number of hydrogen-bond acceptors (Lipinski definition) is 5. The van der Waals surface area contributed by atoms with Crippen molar-refractivity contribution in [1.82, 2.24) is 14.8 Å². The minimum Gasteiger partial charge on any atom is -0.325 e. The van der Waals surface area contributed by atoms with Crippen molar-refractivity contribution in [3.05, 3.63) is 70.8 Å². The second-order valence-corrected chi connectivity index (χ2v) is 8.66. The fourth-order valence-electron chi connectivity index (χ4n) is 2.62. The highest BCUT2D eigenvalue weighted by atomic mass is 32.2. The molecule has 8 heteroatoms. The van der Waals surface area contributed by atoms with Crippen LogP contribution in [0.15, 0.2) is 47.6 Å². The molecule has 2 aromatic carbocycles. The van der Waals surface area contributed by atoms with Gasteiger partial charge in [0.15, 0.2) is 5.16 Å². The molecule has 0 aliphatic carbocycles. The quantitative estimate of drug-likeness (QED) is 0.523. The zero-order chi connectivity index (χ0) is 20.8. The van der Waals surface area contributed by atoms with E-state index < -0.39 is 0 Å². The summed E-state index contributed by atoms with van der Waals surface area (Å²) in [5, 5.41) is 12.1. The van der Waals surface area contributed by atoms with Gasteiger partial charge in [-0.25, -0.2) is 4.39 Å². The molecule has 1 amide bonds. The lowest BCUT2D eigenvalue weighted by atomic mass is 10.1. The standard InChI is InChI=1S/C21H23FN4OS2/c1-14-4-5-15(2)18(10-14)23-20(27)13-29-21-25-24-19(26(21)3)12-28-11-16-6-8-17(22)9-7-16/h4-10H,11-13H2,1-3H3,(H,23,27). The highest BCUT2D eigenvalue weighted by Crippen LogP contribution is 2.22. The van der Waals surface area contributed by atoms with Gasteiger partial charge >= 0.3 is 0 Å². The molecule has 29 heavy (non-hydrogen) atoms. The predicted molar refractivity (Wildman–Crippen MR) is 118 cm³/mol. The maximum atomic E-state index is 13.0. The molecular formula is C21H23FN4OS2. The van der Waals surface area contributed by atoms with E-state index in [2.05, 4.69) is 15.5 Å². The summed E-state index contributed by atoms with van der Waals surface area (Å²) in [5.74, 6) is 2.27. The van der Waals surface area contributed by atoms with Crippen LogP contribution < -0.4 is 5.32 Å². The Morgan fingerprint density at radius 2 is 1.86 bits per heavy atom. The average Bonchev–Trinajstić information content (AvgIpc) is 3.04. The summed E-state index contributed by atoms with van der Waals surface area (Å²) in [5.41, 5.74) is 4.05. The lowest BCUT2D eigenvalue weighted by molar-refractivity contribution is -0.113. The van der Waals surface area contributed by atoms with E-state index in [1.165, 1.54) is 23.9 Å². The van der Waals surface area contributed by atoms with Gasteiger partial charge in [0, 0.05) is 18.5 Å². The second kappa shape index (κ2) is 9.93. The van der Waals surface area contributed by atoms with Gasteiger partial charge in [-0.3, -0.25) is 4.79 Å². The van der Waals surface area contributed by atoms with Crippen LogP contribution in [0.25, 0.3) is 0 Å². The lowest BCUT2D eigenvalue weighted by Gasteiger charge is -2.09. The van der Waals surface area contributed by atoms with Crippen LogP contribution in [0.1, 0.15) is 22.5 Å². The van der Waals surface area contributed by atoms with E-state index >= 15 is 0 Å². The third-order valence-corrected chi connectivity index (χ3v) is 6.36. The fraction of sp³-hybridized carbons (Fsp3) is 0.286. The summed E-state index contributed by atoms with van der Waals surface area (Å²) >= 11 is 3.05. The van der Waals surface area contributed by atoms with E-state index in [4.69, 9.17) is 0 Å². The topological polar surface area (TPSA) is 59.8 Å². The molecule has 0 aliphatic rings. The van der Waals surface area contributed by atoms with Gasteiger partial charge in [-0.2, -0.15) is 0 Å². The largest absolute Gasteiger partial charge is 0.325 e. The van der Waals surface area contributed by atoms with Gasteiger partial charge in [0.2, 0.25) is 5.91 Å².